The first-order valence-corrected chi connectivity index (χ1v) is 7.52. The molecule has 102 valence electrons. The van der Waals surface area contributed by atoms with Crippen LogP contribution >= 0.6 is 0 Å². The Morgan fingerprint density at radius 2 is 1.47 bits per heavy atom. The van der Waals surface area contributed by atoms with E-state index >= 15 is 0 Å². The summed E-state index contributed by atoms with van der Waals surface area (Å²) in [6, 6.07) is 0. The summed E-state index contributed by atoms with van der Waals surface area (Å²) < 4.78 is 0. The number of hydrogen-bond donors (Lipinski definition) is 1. The second-order valence-electron chi connectivity index (χ2n) is 5.04. The van der Waals surface area contributed by atoms with Crippen LogP contribution in [0.4, 0.5) is 0 Å². The molecule has 1 fully saturated rings. The Kier molecular flexibility index (Phi) is 8.67. The minimum Gasteiger partial charge on any atom is -0.317 e. The van der Waals surface area contributed by atoms with Gasteiger partial charge >= 0.3 is 0 Å². The van der Waals surface area contributed by atoms with E-state index in [1.165, 1.54) is 71.5 Å². The van der Waals surface area contributed by atoms with E-state index in [0.717, 1.165) is 6.54 Å². The minimum absolute atomic E-state index is 1.11. The molecule has 0 amide bonds. The Morgan fingerprint density at radius 3 is 2.12 bits per heavy atom. The van der Waals surface area contributed by atoms with Gasteiger partial charge in [0.15, 0.2) is 0 Å². The Labute approximate surface area is 108 Å². The van der Waals surface area contributed by atoms with Gasteiger partial charge in [0.25, 0.3) is 0 Å². The van der Waals surface area contributed by atoms with E-state index in [1.807, 2.05) is 0 Å². The molecule has 0 atom stereocenters. The van der Waals surface area contributed by atoms with Gasteiger partial charge < -0.3 is 15.1 Å². The van der Waals surface area contributed by atoms with E-state index in [9.17, 15) is 0 Å². The SMILES string of the molecule is CCNCCCCCCN1CCN(CC)CC1. The van der Waals surface area contributed by atoms with E-state index in [0.29, 0.717) is 0 Å². The third kappa shape index (κ3) is 7.02. The van der Waals surface area contributed by atoms with Crippen molar-refractivity contribution in [1.29, 1.82) is 0 Å². The topological polar surface area (TPSA) is 18.5 Å². The average molecular weight is 241 g/mol. The maximum atomic E-state index is 3.38. The monoisotopic (exact) mass is 241 g/mol. The van der Waals surface area contributed by atoms with E-state index in [-0.39, 0.29) is 0 Å². The van der Waals surface area contributed by atoms with Gasteiger partial charge in [-0.15, -0.1) is 0 Å². The van der Waals surface area contributed by atoms with Crippen LogP contribution in [0.25, 0.3) is 0 Å². The molecule has 0 aromatic carbocycles. The second-order valence-corrected chi connectivity index (χ2v) is 5.04. The maximum absolute atomic E-state index is 3.38. The molecule has 0 radical (unpaired) electrons. The molecule has 1 rings (SSSR count). The molecule has 17 heavy (non-hydrogen) atoms. The molecule has 0 aliphatic carbocycles. The number of hydrogen-bond acceptors (Lipinski definition) is 3. The zero-order valence-electron chi connectivity index (χ0n) is 11.9. The number of rotatable bonds is 9. The molecule has 1 N–H and O–H groups in total. The van der Waals surface area contributed by atoms with Crippen LogP contribution in [0.5, 0.6) is 0 Å². The lowest BCUT2D eigenvalue weighted by molar-refractivity contribution is 0.135. The number of nitrogens with zero attached hydrogens (tertiary/aromatic N) is 2. The number of piperazine rings is 1. The molecule has 1 saturated heterocycles. The summed E-state index contributed by atoms with van der Waals surface area (Å²) in [7, 11) is 0. The first-order valence-electron chi connectivity index (χ1n) is 7.52. The summed E-state index contributed by atoms with van der Waals surface area (Å²) in [5.74, 6) is 0. The van der Waals surface area contributed by atoms with E-state index in [2.05, 4.69) is 29.0 Å². The summed E-state index contributed by atoms with van der Waals surface area (Å²) in [6.07, 6.45) is 5.52. The highest BCUT2D eigenvalue weighted by Crippen LogP contribution is 2.05. The Balaban J connectivity index is 1.87. The molecule has 0 bridgehead atoms. The molecule has 0 saturated carbocycles. The van der Waals surface area contributed by atoms with Gasteiger partial charge in [0.1, 0.15) is 0 Å². The van der Waals surface area contributed by atoms with Gasteiger partial charge in [-0.1, -0.05) is 26.7 Å². The van der Waals surface area contributed by atoms with Crippen molar-refractivity contribution in [3.05, 3.63) is 0 Å². The average Bonchev–Trinajstić information content (AvgIpc) is 2.38. The van der Waals surface area contributed by atoms with Crippen LogP contribution < -0.4 is 5.32 Å². The highest BCUT2D eigenvalue weighted by Gasteiger charge is 2.14. The predicted molar refractivity (Wildman–Crippen MR) is 75.6 cm³/mol. The molecule has 3 nitrogen and oxygen atoms in total. The van der Waals surface area contributed by atoms with Gasteiger partial charge in [-0.2, -0.15) is 0 Å². The Hall–Kier alpha value is -0.120. The summed E-state index contributed by atoms with van der Waals surface area (Å²) >= 11 is 0. The van der Waals surface area contributed by atoms with Crippen LogP contribution in [0, 0.1) is 0 Å². The highest BCUT2D eigenvalue weighted by atomic mass is 15.3. The van der Waals surface area contributed by atoms with Crippen LogP contribution in [-0.2, 0) is 0 Å². The van der Waals surface area contributed by atoms with Gasteiger partial charge in [-0.05, 0) is 39.0 Å². The lowest BCUT2D eigenvalue weighted by atomic mass is 10.2. The molecule has 0 aromatic heterocycles. The smallest absolute Gasteiger partial charge is 0.0110 e. The van der Waals surface area contributed by atoms with Crippen molar-refractivity contribution in [2.24, 2.45) is 0 Å². The summed E-state index contributed by atoms with van der Waals surface area (Å²) in [5, 5.41) is 3.38. The summed E-state index contributed by atoms with van der Waals surface area (Å²) in [5.41, 5.74) is 0. The van der Waals surface area contributed by atoms with Crippen LogP contribution in [0.1, 0.15) is 39.5 Å². The van der Waals surface area contributed by atoms with Crippen molar-refractivity contribution in [2.45, 2.75) is 39.5 Å². The van der Waals surface area contributed by atoms with Crippen LogP contribution in [-0.4, -0.2) is 62.2 Å². The van der Waals surface area contributed by atoms with E-state index in [1.54, 1.807) is 0 Å². The van der Waals surface area contributed by atoms with Crippen molar-refractivity contribution in [1.82, 2.24) is 15.1 Å². The summed E-state index contributed by atoms with van der Waals surface area (Å²) in [4.78, 5) is 5.18. The molecular weight excluding hydrogens is 210 g/mol. The van der Waals surface area contributed by atoms with Crippen molar-refractivity contribution < 1.29 is 0 Å². The lowest BCUT2D eigenvalue weighted by Crippen LogP contribution is -2.46. The first kappa shape index (κ1) is 14.9. The summed E-state index contributed by atoms with van der Waals surface area (Å²) in [6.45, 7) is 14.4. The molecule has 0 unspecified atom stereocenters. The third-order valence-corrected chi connectivity index (χ3v) is 3.74. The number of unbranched alkanes of at least 4 members (excludes halogenated alkanes) is 3. The van der Waals surface area contributed by atoms with Gasteiger partial charge in [-0.25, -0.2) is 0 Å². The van der Waals surface area contributed by atoms with Crippen LogP contribution in [0.2, 0.25) is 0 Å². The zero-order valence-corrected chi connectivity index (χ0v) is 11.9. The molecule has 1 heterocycles. The number of likely N-dealkylation sites (N-methyl/N-ethyl adjacent to an activating group) is 1. The first-order chi connectivity index (χ1) is 8.36. The highest BCUT2D eigenvalue weighted by molar-refractivity contribution is 4.70. The van der Waals surface area contributed by atoms with Gasteiger partial charge in [0.2, 0.25) is 0 Å². The standard InChI is InChI=1S/C14H31N3/c1-3-15-9-7-5-6-8-10-17-13-11-16(4-2)12-14-17/h15H,3-14H2,1-2H3. The van der Waals surface area contributed by atoms with Gasteiger partial charge in [-0.3, -0.25) is 0 Å². The fourth-order valence-electron chi connectivity index (χ4n) is 2.44. The quantitative estimate of drug-likeness (QED) is 0.621. The van der Waals surface area contributed by atoms with Crippen molar-refractivity contribution in [3.63, 3.8) is 0 Å². The van der Waals surface area contributed by atoms with Crippen molar-refractivity contribution in [3.8, 4) is 0 Å². The van der Waals surface area contributed by atoms with E-state index in [4.69, 9.17) is 0 Å². The largest absolute Gasteiger partial charge is 0.317 e. The third-order valence-electron chi connectivity index (χ3n) is 3.74. The van der Waals surface area contributed by atoms with Crippen LogP contribution in [0.15, 0.2) is 0 Å². The zero-order chi connectivity index (χ0) is 12.3. The number of nitrogens with one attached hydrogen (secondary N) is 1. The van der Waals surface area contributed by atoms with Crippen LogP contribution in [0.3, 0.4) is 0 Å². The Morgan fingerprint density at radius 1 is 0.824 bits per heavy atom. The maximum Gasteiger partial charge on any atom is 0.0110 e. The van der Waals surface area contributed by atoms with Gasteiger partial charge in [0, 0.05) is 26.2 Å². The molecular formula is C14H31N3. The molecule has 0 aromatic rings. The fourth-order valence-corrected chi connectivity index (χ4v) is 2.44. The van der Waals surface area contributed by atoms with Gasteiger partial charge in [0.05, 0.1) is 0 Å². The fraction of sp³-hybridized carbons (Fsp3) is 1.00. The molecule has 1 aliphatic rings. The molecule has 0 spiro atoms. The van der Waals surface area contributed by atoms with E-state index < -0.39 is 0 Å². The Bertz CT molecular complexity index is 165. The molecule has 3 heteroatoms. The predicted octanol–water partition coefficient (Wildman–Crippen LogP) is 1.79. The van der Waals surface area contributed by atoms with Crippen molar-refractivity contribution in [2.75, 3.05) is 52.4 Å². The lowest BCUT2D eigenvalue weighted by Gasteiger charge is -2.33. The second kappa shape index (κ2) is 9.86. The normalized spacial score (nSPS) is 18.7. The van der Waals surface area contributed by atoms with Crippen molar-refractivity contribution >= 4 is 0 Å². The minimum atomic E-state index is 1.11. The molecule has 1 aliphatic heterocycles.